The van der Waals surface area contributed by atoms with Crippen LogP contribution in [0.25, 0.3) is 0 Å². The predicted octanol–water partition coefficient (Wildman–Crippen LogP) is 2.74. The summed E-state index contributed by atoms with van der Waals surface area (Å²) < 4.78 is 0. The first kappa shape index (κ1) is 15.5. The summed E-state index contributed by atoms with van der Waals surface area (Å²) in [6.07, 6.45) is 2.36. The second kappa shape index (κ2) is 6.41. The van der Waals surface area contributed by atoms with Gasteiger partial charge in [-0.1, -0.05) is 19.9 Å². The Morgan fingerprint density at radius 1 is 1.32 bits per heavy atom. The average Bonchev–Trinajstić information content (AvgIpc) is 3.09. The average molecular weight is 320 g/mol. The number of hydrogen-bond acceptors (Lipinski definition) is 3. The van der Waals surface area contributed by atoms with Crippen LogP contribution in [0.1, 0.15) is 38.0 Å². The summed E-state index contributed by atoms with van der Waals surface area (Å²) in [7, 11) is 0. The van der Waals surface area contributed by atoms with Crippen molar-refractivity contribution in [2.45, 2.75) is 45.7 Å². The Hall–Kier alpha value is -1.36. The minimum atomic E-state index is -0.257. The van der Waals surface area contributed by atoms with Crippen molar-refractivity contribution >= 4 is 23.2 Å². The first-order valence-electron chi connectivity index (χ1n) is 8.15. The van der Waals surface area contributed by atoms with Crippen LogP contribution < -0.4 is 0 Å². The lowest BCUT2D eigenvalue weighted by atomic mass is 9.91. The molecule has 2 aliphatic rings. The van der Waals surface area contributed by atoms with Crippen molar-refractivity contribution in [3.63, 3.8) is 0 Å². The van der Waals surface area contributed by atoms with Gasteiger partial charge in [0, 0.05) is 24.4 Å². The predicted molar refractivity (Wildman–Crippen MR) is 87.4 cm³/mol. The molecule has 0 spiro atoms. The van der Waals surface area contributed by atoms with E-state index in [0.717, 1.165) is 18.0 Å². The molecular formula is C17H24N2O2S. The Labute approximate surface area is 136 Å². The maximum atomic E-state index is 12.9. The fraction of sp³-hybridized carbons (Fsp3) is 0.647. The zero-order valence-corrected chi connectivity index (χ0v) is 14.1. The molecule has 2 amide bonds. The lowest BCUT2D eigenvalue weighted by molar-refractivity contribution is -0.143. The van der Waals surface area contributed by atoms with E-state index in [-0.39, 0.29) is 17.9 Å². The summed E-state index contributed by atoms with van der Waals surface area (Å²) in [5.41, 5.74) is 0. The number of thiophene rings is 1. The highest BCUT2D eigenvalue weighted by Gasteiger charge is 2.39. The summed E-state index contributed by atoms with van der Waals surface area (Å²) >= 11 is 1.64. The van der Waals surface area contributed by atoms with Crippen molar-refractivity contribution < 1.29 is 9.59 Å². The van der Waals surface area contributed by atoms with Crippen LogP contribution in [0, 0.1) is 11.8 Å². The highest BCUT2D eigenvalue weighted by Crippen LogP contribution is 2.27. The van der Waals surface area contributed by atoms with E-state index in [9.17, 15) is 9.59 Å². The van der Waals surface area contributed by atoms with E-state index in [1.54, 1.807) is 16.2 Å². The van der Waals surface area contributed by atoms with Crippen LogP contribution in [0.5, 0.6) is 0 Å². The van der Waals surface area contributed by atoms with Crippen LogP contribution in [-0.4, -0.2) is 40.7 Å². The van der Waals surface area contributed by atoms with Crippen LogP contribution in [0.4, 0.5) is 0 Å². The standard InChI is InChI=1S/C17H24N2O2S/c1-12-8-13(2)10-18(9-12)17(21)15-5-6-16(20)19(15)11-14-4-3-7-22-14/h3-4,7,12-13,15H,5-6,8-11H2,1-2H3/t12-,13-,15-/m1/s1. The summed E-state index contributed by atoms with van der Waals surface area (Å²) in [5.74, 6) is 1.37. The van der Waals surface area contributed by atoms with Crippen LogP contribution in [0.15, 0.2) is 17.5 Å². The van der Waals surface area contributed by atoms with E-state index in [2.05, 4.69) is 13.8 Å². The Balaban J connectivity index is 1.71. The molecule has 0 bridgehead atoms. The Morgan fingerprint density at radius 2 is 2.05 bits per heavy atom. The molecule has 0 saturated carbocycles. The number of piperidine rings is 1. The maximum Gasteiger partial charge on any atom is 0.245 e. The molecule has 0 aliphatic carbocycles. The van der Waals surface area contributed by atoms with Crippen LogP contribution in [0.2, 0.25) is 0 Å². The summed E-state index contributed by atoms with van der Waals surface area (Å²) in [6, 6.07) is 3.76. The van der Waals surface area contributed by atoms with Gasteiger partial charge in [-0.2, -0.15) is 0 Å². The van der Waals surface area contributed by atoms with Crippen molar-refractivity contribution in [3.05, 3.63) is 22.4 Å². The van der Waals surface area contributed by atoms with Gasteiger partial charge in [-0.25, -0.2) is 0 Å². The monoisotopic (exact) mass is 320 g/mol. The number of rotatable bonds is 3. The van der Waals surface area contributed by atoms with Gasteiger partial charge in [-0.3, -0.25) is 9.59 Å². The summed E-state index contributed by atoms with van der Waals surface area (Å²) in [5, 5.41) is 2.01. The van der Waals surface area contributed by atoms with Crippen molar-refractivity contribution in [1.29, 1.82) is 0 Å². The van der Waals surface area contributed by atoms with Gasteiger partial charge >= 0.3 is 0 Å². The third-order valence-electron chi connectivity index (χ3n) is 4.70. The molecule has 3 rings (SSSR count). The molecule has 1 aromatic rings. The molecular weight excluding hydrogens is 296 g/mol. The molecule has 2 saturated heterocycles. The molecule has 2 fully saturated rings. The first-order chi connectivity index (χ1) is 10.5. The number of hydrogen-bond donors (Lipinski definition) is 0. The van der Waals surface area contributed by atoms with Crippen LogP contribution in [0.3, 0.4) is 0 Å². The minimum absolute atomic E-state index is 0.116. The quantitative estimate of drug-likeness (QED) is 0.859. The Bertz CT molecular complexity index is 533. The summed E-state index contributed by atoms with van der Waals surface area (Å²) in [4.78, 5) is 30.0. The number of carbonyl (C=O) groups is 2. The molecule has 0 aromatic carbocycles. The molecule has 0 N–H and O–H groups in total. The largest absolute Gasteiger partial charge is 0.340 e. The third-order valence-corrected chi connectivity index (χ3v) is 5.56. The topological polar surface area (TPSA) is 40.6 Å². The zero-order valence-electron chi connectivity index (χ0n) is 13.3. The van der Waals surface area contributed by atoms with Gasteiger partial charge in [0.2, 0.25) is 11.8 Å². The molecule has 22 heavy (non-hydrogen) atoms. The van der Waals surface area contributed by atoms with Gasteiger partial charge in [0.1, 0.15) is 6.04 Å². The van der Waals surface area contributed by atoms with Gasteiger partial charge in [-0.15, -0.1) is 11.3 Å². The maximum absolute atomic E-state index is 12.9. The first-order valence-corrected chi connectivity index (χ1v) is 9.03. The van der Waals surface area contributed by atoms with Crippen molar-refractivity contribution in [2.24, 2.45) is 11.8 Å². The molecule has 3 atom stereocenters. The van der Waals surface area contributed by atoms with Crippen LogP contribution in [-0.2, 0) is 16.1 Å². The minimum Gasteiger partial charge on any atom is -0.340 e. The van der Waals surface area contributed by atoms with Crippen LogP contribution >= 0.6 is 11.3 Å². The van der Waals surface area contributed by atoms with Gasteiger partial charge in [0.25, 0.3) is 0 Å². The van der Waals surface area contributed by atoms with E-state index in [0.29, 0.717) is 31.2 Å². The zero-order chi connectivity index (χ0) is 15.7. The molecule has 3 heterocycles. The lowest BCUT2D eigenvalue weighted by Crippen LogP contribution is -2.50. The number of amides is 2. The van der Waals surface area contributed by atoms with Gasteiger partial charge in [0.15, 0.2) is 0 Å². The number of likely N-dealkylation sites (tertiary alicyclic amines) is 2. The normalized spacial score (nSPS) is 29.2. The molecule has 120 valence electrons. The van der Waals surface area contributed by atoms with E-state index in [1.165, 1.54) is 6.42 Å². The smallest absolute Gasteiger partial charge is 0.245 e. The van der Waals surface area contributed by atoms with Crippen molar-refractivity contribution in [1.82, 2.24) is 9.80 Å². The van der Waals surface area contributed by atoms with Gasteiger partial charge < -0.3 is 9.80 Å². The van der Waals surface area contributed by atoms with E-state index in [4.69, 9.17) is 0 Å². The fourth-order valence-electron chi connectivity index (χ4n) is 3.81. The summed E-state index contributed by atoms with van der Waals surface area (Å²) in [6.45, 7) is 6.66. The third kappa shape index (κ3) is 3.19. The lowest BCUT2D eigenvalue weighted by Gasteiger charge is -2.37. The van der Waals surface area contributed by atoms with Gasteiger partial charge in [0.05, 0.1) is 6.54 Å². The molecule has 4 nitrogen and oxygen atoms in total. The van der Waals surface area contributed by atoms with Crippen molar-refractivity contribution in [3.8, 4) is 0 Å². The Kier molecular flexibility index (Phi) is 4.52. The highest BCUT2D eigenvalue weighted by atomic mass is 32.1. The van der Waals surface area contributed by atoms with Crippen molar-refractivity contribution in [2.75, 3.05) is 13.1 Å². The number of carbonyl (C=O) groups excluding carboxylic acids is 2. The molecule has 2 aliphatic heterocycles. The van der Waals surface area contributed by atoms with E-state index < -0.39 is 0 Å². The molecule has 1 aromatic heterocycles. The second-order valence-electron chi connectivity index (χ2n) is 6.84. The van der Waals surface area contributed by atoms with E-state index in [1.807, 2.05) is 22.4 Å². The number of nitrogens with zero attached hydrogens (tertiary/aromatic N) is 2. The van der Waals surface area contributed by atoms with Gasteiger partial charge in [-0.05, 0) is 36.1 Å². The second-order valence-corrected chi connectivity index (χ2v) is 7.88. The molecule has 0 radical (unpaired) electrons. The highest BCUT2D eigenvalue weighted by molar-refractivity contribution is 7.09. The SMILES string of the molecule is C[C@@H]1C[C@@H](C)CN(C(=O)[C@H]2CCC(=O)N2Cc2cccs2)C1. The Morgan fingerprint density at radius 3 is 2.68 bits per heavy atom. The fourth-order valence-corrected chi connectivity index (χ4v) is 4.52. The molecule has 0 unspecified atom stereocenters. The van der Waals surface area contributed by atoms with E-state index >= 15 is 0 Å². The molecule has 5 heteroatoms.